The first kappa shape index (κ1) is 14.7. The number of nitrogens with zero attached hydrogens (tertiary/aromatic N) is 2. The van der Waals surface area contributed by atoms with E-state index in [4.69, 9.17) is 4.52 Å². The average Bonchev–Trinajstić information content (AvgIpc) is 3.19. The molecule has 0 unspecified atom stereocenters. The molecule has 1 N–H and O–H groups in total. The van der Waals surface area contributed by atoms with Crippen molar-refractivity contribution in [2.45, 2.75) is 31.1 Å². The van der Waals surface area contributed by atoms with Gasteiger partial charge in [0.05, 0.1) is 0 Å². The van der Waals surface area contributed by atoms with E-state index in [1.807, 2.05) is 6.07 Å². The Morgan fingerprint density at radius 1 is 1.41 bits per heavy atom. The lowest BCUT2D eigenvalue weighted by atomic mass is 10.1. The van der Waals surface area contributed by atoms with Crippen LogP contribution in [-0.4, -0.2) is 24.5 Å². The van der Waals surface area contributed by atoms with E-state index in [2.05, 4.69) is 14.9 Å². The smallest absolute Gasteiger partial charge is 0.269 e. The van der Waals surface area contributed by atoms with Gasteiger partial charge in [0.1, 0.15) is 5.69 Å². The summed E-state index contributed by atoms with van der Waals surface area (Å²) in [6, 6.07) is 3.68. The molecule has 3 rings (SSSR count). The Labute approximate surface area is 127 Å². The Hall–Kier alpha value is -2.22. The van der Waals surface area contributed by atoms with E-state index in [9.17, 15) is 13.2 Å². The molecule has 8 heteroatoms. The number of carbonyl (C=O) groups is 1. The minimum Gasteiger partial charge on any atom is -0.360 e. The highest BCUT2D eigenvalue weighted by molar-refractivity contribution is 7.90. The lowest BCUT2D eigenvalue weighted by Crippen LogP contribution is -2.32. The van der Waals surface area contributed by atoms with Crippen molar-refractivity contribution in [2.75, 3.05) is 0 Å². The monoisotopic (exact) mass is 321 g/mol. The van der Waals surface area contributed by atoms with Crippen LogP contribution in [0, 0.1) is 19.8 Å². The van der Waals surface area contributed by atoms with Crippen molar-refractivity contribution < 1.29 is 17.7 Å². The normalized spacial score (nSPS) is 20.6. The maximum atomic E-state index is 12.3. The van der Waals surface area contributed by atoms with Crippen molar-refractivity contribution in [3.8, 4) is 0 Å². The zero-order valence-electron chi connectivity index (χ0n) is 12.1. The molecule has 1 saturated carbocycles. The Bertz CT molecular complexity index is 794. The second-order valence-corrected chi connectivity index (χ2v) is 6.98. The highest BCUT2D eigenvalue weighted by Crippen LogP contribution is 2.47. The predicted molar refractivity (Wildman–Crippen MR) is 76.4 cm³/mol. The van der Waals surface area contributed by atoms with Gasteiger partial charge in [0.15, 0.2) is 10.7 Å². The van der Waals surface area contributed by atoms with Gasteiger partial charge < -0.3 is 4.52 Å². The zero-order chi connectivity index (χ0) is 15.9. The molecule has 0 saturated heterocycles. The largest absolute Gasteiger partial charge is 0.360 e. The number of rotatable bonds is 4. The molecule has 0 spiro atoms. The number of hydrogen-bond acceptors (Lipinski definition) is 6. The summed E-state index contributed by atoms with van der Waals surface area (Å²) >= 11 is 0. The number of aromatic nitrogens is 2. The third-order valence-corrected chi connectivity index (χ3v) is 5.30. The molecular formula is C14H15N3O4S. The van der Waals surface area contributed by atoms with Gasteiger partial charge in [-0.15, -0.1) is 0 Å². The molecule has 0 radical (unpaired) electrons. The molecule has 0 aromatic carbocycles. The van der Waals surface area contributed by atoms with Crippen LogP contribution in [0.2, 0.25) is 0 Å². The van der Waals surface area contributed by atoms with Gasteiger partial charge in [-0.3, -0.25) is 9.78 Å². The number of hydrogen-bond donors (Lipinski definition) is 1. The summed E-state index contributed by atoms with van der Waals surface area (Å²) in [5.41, 5.74) is 1.18. The number of nitrogens with one attached hydrogen (secondary N) is 1. The van der Waals surface area contributed by atoms with Crippen LogP contribution in [-0.2, 0) is 14.8 Å². The van der Waals surface area contributed by atoms with Crippen molar-refractivity contribution in [2.24, 2.45) is 5.92 Å². The Morgan fingerprint density at radius 3 is 2.77 bits per heavy atom. The molecule has 2 aromatic rings. The van der Waals surface area contributed by atoms with E-state index in [0.29, 0.717) is 6.42 Å². The summed E-state index contributed by atoms with van der Waals surface area (Å²) < 4.78 is 31.5. The third kappa shape index (κ3) is 2.61. The first-order valence-corrected chi connectivity index (χ1v) is 8.28. The summed E-state index contributed by atoms with van der Waals surface area (Å²) in [5.74, 6) is -0.667. The Balaban J connectivity index is 1.73. The minimum absolute atomic E-state index is 0.0218. The summed E-state index contributed by atoms with van der Waals surface area (Å²) in [5, 5.41) is 3.60. The quantitative estimate of drug-likeness (QED) is 0.910. The minimum atomic E-state index is -3.96. The number of amides is 1. The molecule has 1 fully saturated rings. The second kappa shape index (κ2) is 5.20. The summed E-state index contributed by atoms with van der Waals surface area (Å²) in [6.07, 6.45) is 3.97. The summed E-state index contributed by atoms with van der Waals surface area (Å²) in [4.78, 5) is 16.1. The van der Waals surface area contributed by atoms with Gasteiger partial charge in [0, 0.05) is 18.3 Å². The maximum absolute atomic E-state index is 12.3. The Kier molecular flexibility index (Phi) is 3.48. The topological polar surface area (TPSA) is 102 Å². The van der Waals surface area contributed by atoms with Gasteiger partial charge >= 0.3 is 0 Å². The molecule has 2 atom stereocenters. The van der Waals surface area contributed by atoms with Crippen molar-refractivity contribution >= 4 is 15.9 Å². The third-order valence-electron chi connectivity index (χ3n) is 3.71. The average molecular weight is 321 g/mol. The van der Waals surface area contributed by atoms with Gasteiger partial charge in [0.25, 0.3) is 10.0 Å². The first-order valence-electron chi connectivity index (χ1n) is 6.79. The molecule has 1 amide bonds. The molecule has 0 aliphatic heterocycles. The zero-order valence-corrected chi connectivity index (χ0v) is 12.9. The van der Waals surface area contributed by atoms with Crippen LogP contribution in [0.15, 0.2) is 33.9 Å². The van der Waals surface area contributed by atoms with Crippen LogP contribution >= 0.6 is 0 Å². The van der Waals surface area contributed by atoms with Crippen LogP contribution in [0.3, 0.4) is 0 Å². The van der Waals surface area contributed by atoms with Crippen molar-refractivity contribution in [1.82, 2.24) is 14.9 Å². The molecule has 2 heterocycles. The van der Waals surface area contributed by atoms with Crippen LogP contribution < -0.4 is 4.72 Å². The van der Waals surface area contributed by atoms with Gasteiger partial charge in [-0.25, -0.2) is 13.1 Å². The number of carbonyl (C=O) groups excluding carboxylic acids is 1. The van der Waals surface area contributed by atoms with E-state index in [1.54, 1.807) is 18.5 Å². The molecule has 1 aliphatic rings. The molecule has 1 aliphatic carbocycles. The van der Waals surface area contributed by atoms with Crippen LogP contribution in [0.1, 0.15) is 29.4 Å². The SMILES string of the molecule is Cc1noc(C)c1S(=O)(=O)NC(=O)[C@@H]1C[C@@H]1c1cccnc1. The summed E-state index contributed by atoms with van der Waals surface area (Å²) in [6.45, 7) is 3.01. The fourth-order valence-electron chi connectivity index (χ4n) is 2.57. The Morgan fingerprint density at radius 2 is 2.18 bits per heavy atom. The molecule has 0 bridgehead atoms. The number of sulfonamides is 1. The van der Waals surface area contributed by atoms with Gasteiger partial charge in [-0.1, -0.05) is 11.2 Å². The van der Waals surface area contributed by atoms with Crippen LogP contribution in [0.25, 0.3) is 0 Å². The van der Waals surface area contributed by atoms with Crippen LogP contribution in [0.4, 0.5) is 0 Å². The van der Waals surface area contributed by atoms with Crippen molar-refractivity contribution in [3.05, 3.63) is 41.5 Å². The molecular weight excluding hydrogens is 306 g/mol. The van der Waals surface area contributed by atoms with Crippen molar-refractivity contribution in [1.29, 1.82) is 0 Å². The molecule has 116 valence electrons. The predicted octanol–water partition coefficient (Wildman–Crippen LogP) is 1.30. The highest BCUT2D eigenvalue weighted by Gasteiger charge is 2.45. The fraction of sp³-hybridized carbons (Fsp3) is 0.357. The number of pyridine rings is 1. The molecule has 22 heavy (non-hydrogen) atoms. The maximum Gasteiger partial charge on any atom is 0.269 e. The van der Waals surface area contributed by atoms with E-state index < -0.39 is 15.9 Å². The fourth-order valence-corrected chi connectivity index (χ4v) is 3.93. The standard InChI is InChI=1S/C14H15N3O4S/c1-8-13(9(2)21-16-8)22(19,20)17-14(18)12-6-11(12)10-4-3-5-15-7-10/h3-5,7,11-12H,6H2,1-2H3,(H,17,18)/t11-,12-/m1/s1. The van der Waals surface area contributed by atoms with Crippen LogP contribution in [0.5, 0.6) is 0 Å². The lowest BCUT2D eigenvalue weighted by molar-refractivity contribution is -0.120. The van der Waals surface area contributed by atoms with Gasteiger partial charge in [-0.2, -0.15) is 0 Å². The van der Waals surface area contributed by atoms with E-state index in [-0.39, 0.29) is 28.2 Å². The van der Waals surface area contributed by atoms with E-state index in [0.717, 1.165) is 5.56 Å². The van der Waals surface area contributed by atoms with Gasteiger partial charge in [0.2, 0.25) is 5.91 Å². The first-order chi connectivity index (χ1) is 10.4. The highest BCUT2D eigenvalue weighted by atomic mass is 32.2. The van der Waals surface area contributed by atoms with Crippen molar-refractivity contribution in [3.63, 3.8) is 0 Å². The lowest BCUT2D eigenvalue weighted by Gasteiger charge is -2.06. The van der Waals surface area contributed by atoms with E-state index >= 15 is 0 Å². The summed E-state index contributed by atoms with van der Waals surface area (Å²) in [7, 11) is -3.96. The van der Waals surface area contributed by atoms with Gasteiger partial charge in [-0.05, 0) is 37.8 Å². The number of aryl methyl sites for hydroxylation is 2. The molecule has 2 aromatic heterocycles. The molecule has 7 nitrogen and oxygen atoms in total. The second-order valence-electron chi connectivity index (χ2n) is 5.36. The van der Waals surface area contributed by atoms with E-state index in [1.165, 1.54) is 13.8 Å².